The van der Waals surface area contributed by atoms with Crippen LogP contribution in [0.15, 0.2) is 46.3 Å². The smallest absolute Gasteiger partial charge is 0.220 e. The fourth-order valence-electron chi connectivity index (χ4n) is 7.95. The summed E-state index contributed by atoms with van der Waals surface area (Å²) < 4.78 is 0. The van der Waals surface area contributed by atoms with Gasteiger partial charge in [-0.3, -0.25) is 9.59 Å². The van der Waals surface area contributed by atoms with E-state index in [4.69, 9.17) is 0 Å². The Bertz CT molecular complexity index is 992. The first kappa shape index (κ1) is 20.0. The monoisotopic (exact) mass is 406 g/mol. The Morgan fingerprint density at radius 1 is 1.03 bits per heavy atom. The highest BCUT2D eigenvalue weighted by Gasteiger charge is 2.61. The van der Waals surface area contributed by atoms with Gasteiger partial charge in [-0.05, 0) is 78.9 Å². The second kappa shape index (κ2) is 6.08. The van der Waals surface area contributed by atoms with Crippen LogP contribution in [0.3, 0.4) is 0 Å². The Morgan fingerprint density at radius 3 is 2.50 bits per heavy atom. The minimum atomic E-state index is -0.259. The topological polar surface area (TPSA) is 54.4 Å². The molecule has 0 aromatic heterocycles. The molecule has 3 heteroatoms. The normalized spacial score (nSPS) is 45.5. The standard InChI is InChI=1S/C27H34O3/c1-15-12-20-18-8-9-26(4)19-13-21(28)24(30)16(2)17(19)6-7-23(26)27(18,5)11-10-25(20,3)14-22(15)29/h6-7,13,15,18,20,30H,8-12,14H2,1-5H3. The molecule has 0 heterocycles. The quantitative estimate of drug-likeness (QED) is 0.534. The van der Waals surface area contributed by atoms with Gasteiger partial charge in [0.25, 0.3) is 0 Å². The predicted octanol–water partition coefficient (Wildman–Crippen LogP) is 6.03. The van der Waals surface area contributed by atoms with Crippen LogP contribution in [0.1, 0.15) is 73.1 Å². The fourth-order valence-corrected chi connectivity index (χ4v) is 7.95. The van der Waals surface area contributed by atoms with Crippen LogP contribution in [-0.2, 0) is 9.59 Å². The van der Waals surface area contributed by atoms with Crippen LogP contribution in [0.2, 0.25) is 0 Å². The number of allylic oxidation sites excluding steroid dienone is 7. The highest BCUT2D eigenvalue weighted by Crippen LogP contribution is 2.69. The van der Waals surface area contributed by atoms with Crippen molar-refractivity contribution in [2.24, 2.45) is 34.0 Å². The average Bonchev–Trinajstić information content (AvgIpc) is 2.68. The third kappa shape index (κ3) is 2.38. The minimum Gasteiger partial charge on any atom is -0.504 e. The van der Waals surface area contributed by atoms with E-state index >= 15 is 0 Å². The maximum absolute atomic E-state index is 12.5. The first-order valence-electron chi connectivity index (χ1n) is 11.6. The summed E-state index contributed by atoms with van der Waals surface area (Å²) in [6.07, 6.45) is 12.3. The zero-order valence-corrected chi connectivity index (χ0v) is 19.0. The molecule has 30 heavy (non-hydrogen) atoms. The molecule has 0 spiro atoms. The maximum Gasteiger partial charge on any atom is 0.220 e. The van der Waals surface area contributed by atoms with Crippen LogP contribution in [0.5, 0.6) is 0 Å². The Hall–Kier alpha value is -1.90. The molecular weight excluding hydrogens is 372 g/mol. The summed E-state index contributed by atoms with van der Waals surface area (Å²) in [6.45, 7) is 11.1. The number of carbonyl (C=O) groups excluding carboxylic acids is 2. The van der Waals surface area contributed by atoms with Crippen LogP contribution in [0.25, 0.3) is 0 Å². The largest absolute Gasteiger partial charge is 0.504 e. The zero-order chi connectivity index (χ0) is 21.6. The highest BCUT2D eigenvalue weighted by atomic mass is 16.3. The molecule has 5 aliphatic carbocycles. The molecule has 0 amide bonds. The lowest BCUT2D eigenvalue weighted by Crippen LogP contribution is -2.56. The van der Waals surface area contributed by atoms with Gasteiger partial charge >= 0.3 is 0 Å². The van der Waals surface area contributed by atoms with Gasteiger partial charge in [0.15, 0.2) is 5.76 Å². The maximum atomic E-state index is 12.5. The molecule has 5 aliphatic rings. The molecule has 1 N–H and O–H groups in total. The predicted molar refractivity (Wildman–Crippen MR) is 118 cm³/mol. The van der Waals surface area contributed by atoms with Gasteiger partial charge in [-0.15, -0.1) is 0 Å². The van der Waals surface area contributed by atoms with Crippen molar-refractivity contribution in [3.63, 3.8) is 0 Å². The molecule has 6 unspecified atom stereocenters. The van der Waals surface area contributed by atoms with Crippen LogP contribution in [0, 0.1) is 34.0 Å². The Balaban J connectivity index is 1.60. The van der Waals surface area contributed by atoms with E-state index in [9.17, 15) is 14.7 Å². The molecule has 5 rings (SSSR count). The van der Waals surface area contributed by atoms with Gasteiger partial charge in [-0.1, -0.05) is 45.4 Å². The third-order valence-corrected chi connectivity index (χ3v) is 9.88. The van der Waals surface area contributed by atoms with Gasteiger partial charge in [0, 0.05) is 23.3 Å². The molecule has 0 saturated heterocycles. The summed E-state index contributed by atoms with van der Waals surface area (Å²) in [5.74, 6) is 1.44. The van der Waals surface area contributed by atoms with E-state index in [-0.39, 0.29) is 33.7 Å². The molecule has 160 valence electrons. The number of hydrogen-bond donors (Lipinski definition) is 1. The van der Waals surface area contributed by atoms with E-state index < -0.39 is 0 Å². The fraction of sp³-hybridized carbons (Fsp3) is 0.630. The number of Topliss-reactive ketones (excluding diaryl/α,β-unsaturated/α-hetero) is 1. The van der Waals surface area contributed by atoms with Gasteiger partial charge in [0.05, 0.1) is 0 Å². The first-order valence-corrected chi connectivity index (χ1v) is 11.6. The van der Waals surface area contributed by atoms with E-state index in [1.807, 2.05) is 6.92 Å². The zero-order valence-electron chi connectivity index (χ0n) is 19.0. The summed E-state index contributed by atoms with van der Waals surface area (Å²) in [5.41, 5.74) is 4.38. The van der Waals surface area contributed by atoms with Gasteiger partial charge in [0.2, 0.25) is 5.78 Å². The van der Waals surface area contributed by atoms with E-state index in [0.717, 1.165) is 49.7 Å². The van der Waals surface area contributed by atoms with E-state index in [0.29, 0.717) is 23.2 Å². The van der Waals surface area contributed by atoms with Crippen molar-refractivity contribution in [3.05, 3.63) is 46.3 Å². The van der Waals surface area contributed by atoms with E-state index in [2.05, 4.69) is 39.8 Å². The molecule has 0 aliphatic heterocycles. The van der Waals surface area contributed by atoms with Crippen molar-refractivity contribution in [3.8, 4) is 0 Å². The number of hydrogen-bond acceptors (Lipinski definition) is 3. The van der Waals surface area contributed by atoms with Crippen LogP contribution >= 0.6 is 0 Å². The van der Waals surface area contributed by atoms with Crippen molar-refractivity contribution in [2.45, 2.75) is 73.1 Å². The second-order valence-electron chi connectivity index (χ2n) is 11.5. The van der Waals surface area contributed by atoms with Crippen LogP contribution < -0.4 is 0 Å². The van der Waals surface area contributed by atoms with Gasteiger partial charge < -0.3 is 5.11 Å². The Labute approximate surface area is 180 Å². The second-order valence-corrected chi connectivity index (χ2v) is 11.5. The lowest BCUT2D eigenvalue weighted by atomic mass is 9.40. The van der Waals surface area contributed by atoms with Crippen molar-refractivity contribution in [1.29, 1.82) is 0 Å². The minimum absolute atomic E-state index is 0.0975. The van der Waals surface area contributed by atoms with E-state index in [1.165, 1.54) is 5.57 Å². The lowest BCUT2D eigenvalue weighted by Gasteiger charge is -2.63. The highest BCUT2D eigenvalue weighted by molar-refractivity contribution is 6.06. The number of fused-ring (bicyclic) bond motifs is 7. The van der Waals surface area contributed by atoms with Gasteiger partial charge in [-0.25, -0.2) is 0 Å². The molecule has 0 bridgehead atoms. The number of carbonyl (C=O) groups is 2. The first-order chi connectivity index (χ1) is 14.0. The molecular formula is C27H34O3. The third-order valence-electron chi connectivity index (χ3n) is 9.88. The van der Waals surface area contributed by atoms with Gasteiger partial charge in [-0.2, -0.15) is 0 Å². The van der Waals surface area contributed by atoms with E-state index in [1.54, 1.807) is 6.08 Å². The summed E-state index contributed by atoms with van der Waals surface area (Å²) >= 11 is 0. The number of aliphatic hydroxyl groups is 1. The molecule has 0 aromatic rings. The molecule has 0 aromatic carbocycles. The summed E-state index contributed by atoms with van der Waals surface area (Å²) in [7, 11) is 0. The number of aliphatic hydroxyl groups excluding tert-OH is 1. The van der Waals surface area contributed by atoms with Crippen molar-refractivity contribution in [1.82, 2.24) is 0 Å². The number of rotatable bonds is 0. The lowest BCUT2D eigenvalue weighted by molar-refractivity contribution is -0.140. The molecule has 3 saturated carbocycles. The van der Waals surface area contributed by atoms with Crippen LogP contribution in [-0.4, -0.2) is 16.7 Å². The average molecular weight is 407 g/mol. The summed E-state index contributed by atoms with van der Waals surface area (Å²) in [6, 6.07) is 0. The molecule has 3 fully saturated rings. The van der Waals surface area contributed by atoms with Crippen molar-refractivity contribution in [2.75, 3.05) is 0 Å². The SMILES string of the molecule is CC1=C(O)C(=O)C=C2C1=CC=C1C2(C)CCC2C3CC(C)C(=O)CC3(C)CCC12C. The number of ketones is 2. The van der Waals surface area contributed by atoms with Gasteiger partial charge in [0.1, 0.15) is 5.78 Å². The summed E-state index contributed by atoms with van der Waals surface area (Å²) in [4.78, 5) is 25.0. The van der Waals surface area contributed by atoms with Crippen molar-refractivity contribution < 1.29 is 14.7 Å². The molecule has 6 atom stereocenters. The summed E-state index contributed by atoms with van der Waals surface area (Å²) in [5, 5.41) is 10.2. The van der Waals surface area contributed by atoms with Crippen LogP contribution in [0.4, 0.5) is 0 Å². The Morgan fingerprint density at radius 2 is 1.77 bits per heavy atom. The Kier molecular flexibility index (Phi) is 4.06. The molecule has 0 radical (unpaired) electrons. The van der Waals surface area contributed by atoms with Crippen molar-refractivity contribution >= 4 is 11.6 Å². The molecule has 3 nitrogen and oxygen atoms in total.